The zero-order valence-corrected chi connectivity index (χ0v) is 30.1. The normalized spacial score (nSPS) is 23.0. The Morgan fingerprint density at radius 2 is 1.82 bits per heavy atom. The minimum absolute atomic E-state index is 0.0297. The van der Waals surface area contributed by atoms with Crippen LogP contribution >= 0.6 is 11.6 Å². The van der Waals surface area contributed by atoms with Gasteiger partial charge in [0.1, 0.15) is 46.7 Å². The van der Waals surface area contributed by atoms with Gasteiger partial charge in [0.2, 0.25) is 5.88 Å². The largest absolute Gasteiger partial charge is 0.472 e. The molecule has 12 nitrogen and oxygen atoms in total. The van der Waals surface area contributed by atoms with Crippen LogP contribution in [0.25, 0.3) is 22.1 Å². The molecule has 1 aromatic carbocycles. The first-order valence-electron chi connectivity index (χ1n) is 16.7. The van der Waals surface area contributed by atoms with Crippen LogP contribution in [0.1, 0.15) is 72.7 Å². The number of ether oxygens (including phenoxy) is 3. The smallest absolute Gasteiger partial charge is 0.410 e. The van der Waals surface area contributed by atoms with Crippen molar-refractivity contribution in [2.24, 2.45) is 5.92 Å². The molecule has 2 saturated heterocycles. The number of rotatable bonds is 6. The number of hydrogen-bond acceptors (Lipinski definition) is 11. The average molecular weight is 712 g/mol. The summed E-state index contributed by atoms with van der Waals surface area (Å²) in [6.07, 6.45) is 0.336. The molecule has 14 heteroatoms. The lowest BCUT2D eigenvalue weighted by atomic mass is 9.79. The molecule has 0 bridgehead atoms. The first-order valence-corrected chi connectivity index (χ1v) is 17.1. The molecule has 6 rings (SSSR count). The van der Waals surface area contributed by atoms with Crippen molar-refractivity contribution in [3.8, 4) is 5.88 Å². The number of fused-ring (bicyclic) bond motifs is 3. The molecule has 0 aliphatic carbocycles. The maximum atomic E-state index is 17.2. The number of pyridine rings is 1. The second-order valence-corrected chi connectivity index (χ2v) is 15.5. The molecule has 2 fully saturated rings. The molecule has 268 valence electrons. The van der Waals surface area contributed by atoms with Gasteiger partial charge in [0.05, 0.1) is 17.1 Å². The van der Waals surface area contributed by atoms with E-state index in [9.17, 15) is 14.7 Å². The van der Waals surface area contributed by atoms with E-state index in [4.69, 9.17) is 30.2 Å². The van der Waals surface area contributed by atoms with Crippen molar-refractivity contribution < 1.29 is 37.7 Å². The second-order valence-electron chi connectivity index (χ2n) is 15.0. The first-order chi connectivity index (χ1) is 23.5. The molecular weight excluding hydrogens is 669 g/mol. The van der Waals surface area contributed by atoms with Gasteiger partial charge < -0.3 is 33.5 Å². The predicted molar refractivity (Wildman–Crippen MR) is 185 cm³/mol. The third kappa shape index (κ3) is 7.16. The predicted octanol–water partition coefficient (Wildman–Crippen LogP) is 6.73. The van der Waals surface area contributed by atoms with Crippen LogP contribution < -0.4 is 9.64 Å². The van der Waals surface area contributed by atoms with E-state index in [0.29, 0.717) is 22.5 Å². The average Bonchev–Trinajstić information content (AvgIpc) is 3.63. The number of hydrogen-bond donors (Lipinski definition) is 1. The van der Waals surface area contributed by atoms with Gasteiger partial charge in [0.15, 0.2) is 17.2 Å². The minimum atomic E-state index is -1.93. The Morgan fingerprint density at radius 3 is 2.50 bits per heavy atom. The minimum Gasteiger partial charge on any atom is -0.472 e. The number of halogens is 2. The molecule has 4 atom stereocenters. The fourth-order valence-corrected chi connectivity index (χ4v) is 6.73. The number of piperidine rings is 1. The lowest BCUT2D eigenvalue weighted by Gasteiger charge is -2.42. The topological polar surface area (TPSA) is 140 Å². The summed E-state index contributed by atoms with van der Waals surface area (Å²) in [4.78, 5) is 43.3. The van der Waals surface area contributed by atoms with Gasteiger partial charge in [-0.25, -0.2) is 28.9 Å². The monoisotopic (exact) mass is 711 g/mol. The lowest BCUT2D eigenvalue weighted by molar-refractivity contribution is -0.156. The standard InChI is InChI=1S/C36H43ClFN5O7/c1-20-17-42(33(46)50-35(5,6)7)13-12-36(20,38)24-14-21(37)16-39-31(24)47-22-15-25(32(45)49-34(2,3)4)43(18-22)30-29-28(40-27(19-44)41-30)23-10-8-9-11-26(23)48-29/h8-11,14,16,20,22,25,44H,12-13,15,17-19H2,1-7H3/t20-,22-,25-,36+/m0/s1. The highest BCUT2D eigenvalue weighted by Crippen LogP contribution is 2.46. The molecule has 3 aromatic heterocycles. The van der Waals surface area contributed by atoms with Crippen LogP contribution in [0.4, 0.5) is 15.0 Å². The van der Waals surface area contributed by atoms with Crippen LogP contribution in [0, 0.1) is 5.92 Å². The molecule has 2 aliphatic heterocycles. The van der Waals surface area contributed by atoms with Crippen molar-refractivity contribution in [3.05, 3.63) is 52.9 Å². The van der Waals surface area contributed by atoms with Crippen molar-refractivity contribution in [3.63, 3.8) is 0 Å². The van der Waals surface area contributed by atoms with E-state index >= 15 is 4.39 Å². The third-order valence-electron chi connectivity index (χ3n) is 8.82. The molecule has 50 heavy (non-hydrogen) atoms. The summed E-state index contributed by atoms with van der Waals surface area (Å²) in [5, 5.41) is 11.1. The molecule has 4 aromatic rings. The zero-order valence-electron chi connectivity index (χ0n) is 29.3. The van der Waals surface area contributed by atoms with E-state index in [1.807, 2.05) is 18.2 Å². The Bertz CT molecular complexity index is 1920. The van der Waals surface area contributed by atoms with Crippen LogP contribution in [0.3, 0.4) is 0 Å². The summed E-state index contributed by atoms with van der Waals surface area (Å²) in [5.41, 5.74) is -1.82. The highest BCUT2D eigenvalue weighted by molar-refractivity contribution is 6.30. The molecule has 0 saturated carbocycles. The number of aromatic nitrogens is 3. The number of amides is 1. The van der Waals surface area contributed by atoms with Crippen molar-refractivity contribution >= 4 is 51.6 Å². The molecule has 1 N–H and O–H groups in total. The van der Waals surface area contributed by atoms with Crippen molar-refractivity contribution in [1.29, 1.82) is 0 Å². The molecule has 0 radical (unpaired) electrons. The van der Waals surface area contributed by atoms with Gasteiger partial charge in [-0.15, -0.1) is 0 Å². The maximum Gasteiger partial charge on any atom is 0.410 e. The summed E-state index contributed by atoms with van der Waals surface area (Å²) in [6.45, 7) is 12.3. The zero-order chi connectivity index (χ0) is 36.2. The molecule has 1 amide bonds. The van der Waals surface area contributed by atoms with Gasteiger partial charge in [-0.3, -0.25) is 0 Å². The number of alkyl halides is 1. The van der Waals surface area contributed by atoms with Crippen molar-refractivity contribution in [2.45, 2.75) is 96.9 Å². The van der Waals surface area contributed by atoms with Gasteiger partial charge in [-0.2, -0.15) is 0 Å². The van der Waals surface area contributed by atoms with Gasteiger partial charge in [0, 0.05) is 43.4 Å². The summed E-state index contributed by atoms with van der Waals surface area (Å²) < 4.78 is 41.2. The fourth-order valence-electron chi connectivity index (χ4n) is 6.58. The molecule has 2 aliphatic rings. The summed E-state index contributed by atoms with van der Waals surface area (Å²) in [6, 6.07) is 8.00. The number of carbonyl (C=O) groups is 2. The Kier molecular flexibility index (Phi) is 9.36. The lowest BCUT2D eigenvalue weighted by Crippen LogP contribution is -2.50. The van der Waals surface area contributed by atoms with Gasteiger partial charge >= 0.3 is 12.1 Å². The SMILES string of the molecule is C[C@H]1CN(C(=O)OC(C)(C)C)CC[C@]1(F)c1cc(Cl)cnc1O[C@H]1C[C@@H](C(=O)OC(C)(C)C)N(c2nc(CO)nc3c2oc2ccccc23)C1. The molecule has 0 unspecified atom stereocenters. The summed E-state index contributed by atoms with van der Waals surface area (Å²) in [7, 11) is 0. The van der Waals surface area contributed by atoms with E-state index < -0.39 is 53.6 Å². The Morgan fingerprint density at radius 1 is 1.10 bits per heavy atom. The van der Waals surface area contributed by atoms with Crippen LogP contribution in [0.5, 0.6) is 5.88 Å². The number of likely N-dealkylation sites (tertiary alicyclic amines) is 1. The number of para-hydroxylation sites is 1. The van der Waals surface area contributed by atoms with Crippen molar-refractivity contribution in [2.75, 3.05) is 24.5 Å². The number of aliphatic hydroxyl groups excluding tert-OH is 1. The first kappa shape index (κ1) is 35.6. The van der Waals surface area contributed by atoms with E-state index in [-0.39, 0.29) is 54.8 Å². The van der Waals surface area contributed by atoms with Gasteiger partial charge in [-0.1, -0.05) is 30.7 Å². The van der Waals surface area contributed by atoms with Crippen LogP contribution in [-0.4, -0.2) is 80.0 Å². The van der Waals surface area contributed by atoms with E-state index in [1.165, 1.54) is 17.2 Å². The maximum absolute atomic E-state index is 17.2. The summed E-state index contributed by atoms with van der Waals surface area (Å²) in [5.74, 6) is -0.672. The second kappa shape index (κ2) is 13.1. The van der Waals surface area contributed by atoms with E-state index in [2.05, 4.69) is 15.0 Å². The quantitative estimate of drug-likeness (QED) is 0.213. The Labute approximate surface area is 294 Å². The number of aliphatic hydroxyl groups is 1. The number of furan rings is 1. The highest BCUT2D eigenvalue weighted by atomic mass is 35.5. The molecule has 5 heterocycles. The number of nitrogens with zero attached hydrogens (tertiary/aromatic N) is 5. The van der Waals surface area contributed by atoms with Gasteiger partial charge in [-0.05, 0) is 59.7 Å². The van der Waals surface area contributed by atoms with Gasteiger partial charge in [0.25, 0.3) is 0 Å². The van der Waals surface area contributed by atoms with Crippen LogP contribution in [0.15, 0.2) is 40.9 Å². The van der Waals surface area contributed by atoms with Crippen LogP contribution in [0.2, 0.25) is 5.02 Å². The highest BCUT2D eigenvalue weighted by Gasteiger charge is 2.48. The Balaban J connectivity index is 1.34. The number of carbonyl (C=O) groups excluding carboxylic acids is 2. The fraction of sp³-hybridized carbons (Fsp3) is 0.528. The Hall–Kier alpha value is -4.23. The van der Waals surface area contributed by atoms with E-state index in [0.717, 1.165) is 5.39 Å². The number of esters is 1. The third-order valence-corrected chi connectivity index (χ3v) is 9.03. The number of anilines is 1. The summed E-state index contributed by atoms with van der Waals surface area (Å²) >= 11 is 6.38. The number of benzene rings is 1. The van der Waals surface area contributed by atoms with E-state index in [1.54, 1.807) is 59.4 Å². The van der Waals surface area contributed by atoms with Crippen LogP contribution in [-0.2, 0) is 26.5 Å². The molecular formula is C36H43ClFN5O7. The van der Waals surface area contributed by atoms with Crippen molar-refractivity contribution in [1.82, 2.24) is 19.9 Å². The molecule has 0 spiro atoms.